The van der Waals surface area contributed by atoms with E-state index >= 15 is 0 Å². The Balaban J connectivity index is 1.25. The average Bonchev–Trinajstić information content (AvgIpc) is 3.26. The number of nitrogens with zero attached hydrogens (tertiary/aromatic N) is 3. The fourth-order valence-corrected chi connectivity index (χ4v) is 2.64. The number of carbonyl (C=O) groups is 1. The maximum absolute atomic E-state index is 11.9. The van der Waals surface area contributed by atoms with Crippen LogP contribution in [0.4, 0.5) is 4.79 Å². The van der Waals surface area contributed by atoms with Crippen LogP contribution in [0.15, 0.2) is 42.6 Å². The van der Waals surface area contributed by atoms with Gasteiger partial charge in [-0.1, -0.05) is 12.1 Å². The summed E-state index contributed by atoms with van der Waals surface area (Å²) in [4.78, 5) is 11.9. The van der Waals surface area contributed by atoms with Crippen LogP contribution in [0.25, 0.3) is 5.65 Å². The zero-order chi connectivity index (χ0) is 17.1. The Morgan fingerprint density at radius 2 is 2.04 bits per heavy atom. The highest BCUT2D eigenvalue weighted by Crippen LogP contribution is 2.32. The minimum absolute atomic E-state index is 0.230. The van der Waals surface area contributed by atoms with Crippen molar-refractivity contribution in [3.8, 4) is 11.5 Å². The molecule has 0 aliphatic carbocycles. The van der Waals surface area contributed by atoms with Gasteiger partial charge in [0, 0.05) is 25.7 Å². The van der Waals surface area contributed by atoms with Crippen molar-refractivity contribution in [3.05, 3.63) is 54.0 Å². The van der Waals surface area contributed by atoms with Gasteiger partial charge < -0.3 is 20.1 Å². The molecule has 25 heavy (non-hydrogen) atoms. The molecular weight excluding hydrogens is 322 g/mol. The van der Waals surface area contributed by atoms with Gasteiger partial charge in [-0.15, -0.1) is 10.2 Å². The molecule has 3 aromatic rings. The van der Waals surface area contributed by atoms with Crippen LogP contribution in [-0.2, 0) is 13.0 Å². The molecule has 2 amide bonds. The average molecular weight is 339 g/mol. The SMILES string of the molecule is O=C(NCCc1nnc2ccccn12)NCc1ccc2c(c1)OCO2. The van der Waals surface area contributed by atoms with E-state index in [1.807, 2.05) is 47.0 Å². The largest absolute Gasteiger partial charge is 0.454 e. The molecule has 3 heterocycles. The van der Waals surface area contributed by atoms with E-state index in [-0.39, 0.29) is 12.8 Å². The number of rotatable bonds is 5. The van der Waals surface area contributed by atoms with Crippen LogP contribution in [0.1, 0.15) is 11.4 Å². The zero-order valence-electron chi connectivity index (χ0n) is 13.4. The Morgan fingerprint density at radius 1 is 1.12 bits per heavy atom. The van der Waals surface area contributed by atoms with Gasteiger partial charge in [0.15, 0.2) is 17.1 Å². The van der Waals surface area contributed by atoms with Crippen molar-refractivity contribution in [1.29, 1.82) is 0 Å². The Labute approximate surface area is 143 Å². The molecule has 2 N–H and O–H groups in total. The van der Waals surface area contributed by atoms with Gasteiger partial charge in [-0.25, -0.2) is 4.79 Å². The maximum Gasteiger partial charge on any atom is 0.315 e. The van der Waals surface area contributed by atoms with Crippen molar-refractivity contribution in [2.24, 2.45) is 0 Å². The molecule has 8 nitrogen and oxygen atoms in total. The summed E-state index contributed by atoms with van der Waals surface area (Å²) >= 11 is 0. The fourth-order valence-electron chi connectivity index (χ4n) is 2.64. The Bertz CT molecular complexity index is 908. The highest BCUT2D eigenvalue weighted by atomic mass is 16.7. The summed E-state index contributed by atoms with van der Waals surface area (Å²) in [5.41, 5.74) is 1.74. The third kappa shape index (κ3) is 3.32. The molecular formula is C17H17N5O3. The summed E-state index contributed by atoms with van der Waals surface area (Å²) in [6, 6.07) is 11.1. The first-order valence-corrected chi connectivity index (χ1v) is 7.98. The first-order chi connectivity index (χ1) is 12.3. The third-order valence-corrected chi connectivity index (χ3v) is 3.91. The van der Waals surface area contributed by atoms with E-state index in [4.69, 9.17) is 9.47 Å². The summed E-state index contributed by atoms with van der Waals surface area (Å²) in [6.45, 7) is 1.13. The molecule has 0 saturated heterocycles. The molecule has 0 radical (unpaired) electrons. The number of amides is 2. The molecule has 4 rings (SSSR count). The number of fused-ring (bicyclic) bond motifs is 2. The molecule has 0 saturated carbocycles. The van der Waals surface area contributed by atoms with E-state index in [1.165, 1.54) is 0 Å². The molecule has 128 valence electrons. The van der Waals surface area contributed by atoms with Crippen LogP contribution < -0.4 is 20.1 Å². The van der Waals surface area contributed by atoms with Gasteiger partial charge in [0.05, 0.1) is 0 Å². The quantitative estimate of drug-likeness (QED) is 0.735. The molecule has 2 aromatic heterocycles. The summed E-state index contributed by atoms with van der Waals surface area (Å²) in [5, 5.41) is 13.9. The van der Waals surface area contributed by atoms with Gasteiger partial charge in [0.1, 0.15) is 5.82 Å². The predicted molar refractivity (Wildman–Crippen MR) is 89.5 cm³/mol. The number of nitrogens with one attached hydrogen (secondary N) is 2. The van der Waals surface area contributed by atoms with E-state index in [1.54, 1.807) is 0 Å². The van der Waals surface area contributed by atoms with E-state index in [9.17, 15) is 4.79 Å². The second-order valence-corrected chi connectivity index (χ2v) is 5.59. The molecule has 0 fully saturated rings. The lowest BCUT2D eigenvalue weighted by Crippen LogP contribution is -2.36. The monoisotopic (exact) mass is 339 g/mol. The van der Waals surface area contributed by atoms with Crippen LogP contribution in [0.5, 0.6) is 11.5 Å². The van der Waals surface area contributed by atoms with E-state index in [0.29, 0.717) is 25.3 Å². The molecule has 0 unspecified atom stereocenters. The first kappa shape index (κ1) is 15.3. The Hall–Kier alpha value is -3.29. The molecule has 8 heteroatoms. The first-order valence-electron chi connectivity index (χ1n) is 7.98. The molecule has 0 bridgehead atoms. The minimum atomic E-state index is -0.230. The Morgan fingerprint density at radius 3 is 3.00 bits per heavy atom. The van der Waals surface area contributed by atoms with Gasteiger partial charge >= 0.3 is 6.03 Å². The topological polar surface area (TPSA) is 89.8 Å². The highest BCUT2D eigenvalue weighted by molar-refractivity contribution is 5.73. The van der Waals surface area contributed by atoms with Gasteiger partial charge in [-0.3, -0.25) is 4.40 Å². The summed E-state index contributed by atoms with van der Waals surface area (Å²) in [7, 11) is 0. The van der Waals surface area contributed by atoms with E-state index in [0.717, 1.165) is 22.8 Å². The van der Waals surface area contributed by atoms with Gasteiger partial charge in [-0.05, 0) is 29.8 Å². The Kier molecular flexibility index (Phi) is 4.07. The number of hydrogen-bond acceptors (Lipinski definition) is 5. The molecule has 1 aliphatic rings. The van der Waals surface area contributed by atoms with Crippen LogP contribution in [-0.4, -0.2) is 34.0 Å². The lowest BCUT2D eigenvalue weighted by Gasteiger charge is -2.08. The van der Waals surface area contributed by atoms with Crippen molar-refractivity contribution in [3.63, 3.8) is 0 Å². The molecule has 1 aliphatic heterocycles. The van der Waals surface area contributed by atoms with Gasteiger partial charge in [-0.2, -0.15) is 0 Å². The maximum atomic E-state index is 11.9. The second kappa shape index (κ2) is 6.68. The van der Waals surface area contributed by atoms with Crippen LogP contribution in [0.2, 0.25) is 0 Å². The van der Waals surface area contributed by atoms with Crippen molar-refractivity contribution >= 4 is 11.7 Å². The number of benzene rings is 1. The molecule has 1 aromatic carbocycles. The van der Waals surface area contributed by atoms with Crippen molar-refractivity contribution < 1.29 is 14.3 Å². The molecule has 0 spiro atoms. The predicted octanol–water partition coefficient (Wildman–Crippen LogP) is 1.50. The number of urea groups is 1. The van der Waals surface area contributed by atoms with Crippen LogP contribution in [0, 0.1) is 0 Å². The fraction of sp³-hybridized carbons (Fsp3) is 0.235. The number of aromatic nitrogens is 3. The summed E-state index contributed by atoms with van der Waals surface area (Å²) < 4.78 is 12.5. The number of pyridine rings is 1. The zero-order valence-corrected chi connectivity index (χ0v) is 13.4. The number of hydrogen-bond donors (Lipinski definition) is 2. The van der Waals surface area contributed by atoms with E-state index in [2.05, 4.69) is 20.8 Å². The normalized spacial score (nSPS) is 12.3. The second-order valence-electron chi connectivity index (χ2n) is 5.59. The highest BCUT2D eigenvalue weighted by Gasteiger charge is 2.13. The van der Waals surface area contributed by atoms with Crippen molar-refractivity contribution in [1.82, 2.24) is 25.2 Å². The summed E-state index contributed by atoms with van der Waals surface area (Å²) in [6.07, 6.45) is 2.51. The lowest BCUT2D eigenvalue weighted by atomic mass is 10.2. The number of ether oxygens (including phenoxy) is 2. The van der Waals surface area contributed by atoms with Gasteiger partial charge in [0.2, 0.25) is 6.79 Å². The summed E-state index contributed by atoms with van der Waals surface area (Å²) in [5.74, 6) is 2.25. The van der Waals surface area contributed by atoms with Crippen LogP contribution in [0.3, 0.4) is 0 Å². The van der Waals surface area contributed by atoms with Gasteiger partial charge in [0.25, 0.3) is 0 Å². The molecule has 0 atom stereocenters. The van der Waals surface area contributed by atoms with E-state index < -0.39 is 0 Å². The minimum Gasteiger partial charge on any atom is -0.454 e. The smallest absolute Gasteiger partial charge is 0.315 e. The van der Waals surface area contributed by atoms with Crippen LogP contribution >= 0.6 is 0 Å². The van der Waals surface area contributed by atoms with Crippen molar-refractivity contribution in [2.45, 2.75) is 13.0 Å². The number of carbonyl (C=O) groups excluding carboxylic acids is 1. The lowest BCUT2D eigenvalue weighted by molar-refractivity contribution is 0.174. The standard InChI is InChI=1S/C17H17N5O3/c23-17(19-10-12-4-5-13-14(9-12)25-11-24-13)18-7-6-16-21-20-15-3-1-2-8-22(15)16/h1-5,8-9H,6-7,10-11H2,(H2,18,19,23). The van der Waals surface area contributed by atoms with Crippen molar-refractivity contribution in [2.75, 3.05) is 13.3 Å². The third-order valence-electron chi connectivity index (χ3n) is 3.91.